The molecule has 1 saturated carbocycles. The molecule has 5 nitrogen and oxygen atoms in total. The van der Waals surface area contributed by atoms with Crippen LogP contribution in [0.15, 0.2) is 42.5 Å². The molecule has 0 radical (unpaired) electrons. The van der Waals surface area contributed by atoms with Crippen LogP contribution in [-0.4, -0.2) is 17.7 Å². The number of rotatable bonds is 3. The van der Waals surface area contributed by atoms with Gasteiger partial charge in [-0.25, -0.2) is 4.90 Å². The second kappa shape index (κ2) is 7.23. The molecule has 2 aromatic carbocycles. The summed E-state index contributed by atoms with van der Waals surface area (Å²) in [5, 5.41) is 2.94. The molecule has 2 aromatic rings. The minimum Gasteiger partial charge on any atom is -0.322 e. The molecule has 0 spiro atoms. The number of hydrogen-bond donors (Lipinski definition) is 1. The molecule has 1 heterocycles. The van der Waals surface area contributed by atoms with Gasteiger partial charge in [-0.3, -0.25) is 14.4 Å². The Bertz CT molecular complexity index is 942. The molecule has 0 bridgehead atoms. The third kappa shape index (κ3) is 3.01. The molecule has 5 heteroatoms. The smallest absolute Gasteiger partial charge is 0.257 e. The quantitative estimate of drug-likeness (QED) is 0.815. The molecule has 2 aliphatic rings. The Morgan fingerprint density at radius 3 is 2.25 bits per heavy atom. The van der Waals surface area contributed by atoms with Crippen molar-refractivity contribution < 1.29 is 14.4 Å². The van der Waals surface area contributed by atoms with E-state index in [0.29, 0.717) is 11.3 Å². The summed E-state index contributed by atoms with van der Waals surface area (Å²) in [6.45, 7) is 3.94. The third-order valence-electron chi connectivity index (χ3n) is 6.08. The van der Waals surface area contributed by atoms with Crippen molar-refractivity contribution in [2.24, 2.45) is 11.8 Å². The summed E-state index contributed by atoms with van der Waals surface area (Å²) in [6.07, 6.45) is 3.46. The largest absolute Gasteiger partial charge is 0.322 e. The van der Waals surface area contributed by atoms with Crippen LogP contribution in [-0.2, 0) is 9.59 Å². The maximum atomic E-state index is 13.0. The summed E-state index contributed by atoms with van der Waals surface area (Å²) in [7, 11) is 0. The van der Waals surface area contributed by atoms with E-state index in [9.17, 15) is 14.4 Å². The Balaban J connectivity index is 1.67. The van der Waals surface area contributed by atoms with Gasteiger partial charge in [0.15, 0.2) is 0 Å². The zero-order valence-corrected chi connectivity index (χ0v) is 16.2. The fraction of sp³-hybridized carbons (Fsp3) is 0.348. The number of hydrogen-bond acceptors (Lipinski definition) is 3. The van der Waals surface area contributed by atoms with Gasteiger partial charge in [-0.2, -0.15) is 0 Å². The van der Waals surface area contributed by atoms with Gasteiger partial charge in [0.05, 0.1) is 23.1 Å². The van der Waals surface area contributed by atoms with E-state index in [1.807, 2.05) is 32.0 Å². The molecule has 2 atom stereocenters. The topological polar surface area (TPSA) is 66.5 Å². The molecule has 1 aliphatic heterocycles. The molecule has 1 saturated heterocycles. The predicted octanol–water partition coefficient (Wildman–Crippen LogP) is 4.24. The molecule has 144 valence electrons. The van der Waals surface area contributed by atoms with Crippen molar-refractivity contribution in [1.29, 1.82) is 0 Å². The maximum Gasteiger partial charge on any atom is 0.257 e. The monoisotopic (exact) mass is 376 g/mol. The Hall–Kier alpha value is -2.95. The van der Waals surface area contributed by atoms with Gasteiger partial charge in [0, 0.05) is 5.69 Å². The number of anilines is 2. The van der Waals surface area contributed by atoms with Gasteiger partial charge in [0.25, 0.3) is 5.91 Å². The SMILES string of the molecule is Cc1cccc(NC(=O)c2ccccc2N2C(=O)[C@@H]3CCCC[C@H]3C2=O)c1C. The van der Waals surface area contributed by atoms with Crippen LogP contribution < -0.4 is 10.2 Å². The van der Waals surface area contributed by atoms with Crippen molar-refractivity contribution in [1.82, 2.24) is 0 Å². The number of carbonyl (C=O) groups is 3. The highest BCUT2D eigenvalue weighted by Gasteiger charge is 2.49. The lowest BCUT2D eigenvalue weighted by Crippen LogP contribution is -2.33. The van der Waals surface area contributed by atoms with E-state index in [-0.39, 0.29) is 29.6 Å². The van der Waals surface area contributed by atoms with Crippen molar-refractivity contribution in [3.63, 3.8) is 0 Å². The van der Waals surface area contributed by atoms with Gasteiger partial charge < -0.3 is 5.32 Å². The Labute approximate surface area is 164 Å². The van der Waals surface area contributed by atoms with Gasteiger partial charge in [0.1, 0.15) is 0 Å². The number of carbonyl (C=O) groups excluding carboxylic acids is 3. The lowest BCUT2D eigenvalue weighted by atomic mass is 9.81. The zero-order chi connectivity index (χ0) is 19.8. The van der Waals surface area contributed by atoms with Crippen molar-refractivity contribution >= 4 is 29.1 Å². The first-order valence-corrected chi connectivity index (χ1v) is 9.83. The number of benzene rings is 2. The number of imide groups is 1. The second-order valence-electron chi connectivity index (χ2n) is 7.73. The normalized spacial score (nSPS) is 21.6. The first kappa shape index (κ1) is 18.4. The zero-order valence-electron chi connectivity index (χ0n) is 16.2. The molecule has 2 fully saturated rings. The van der Waals surface area contributed by atoms with Crippen LogP contribution in [0, 0.1) is 25.7 Å². The summed E-state index contributed by atoms with van der Waals surface area (Å²) < 4.78 is 0. The number of fused-ring (bicyclic) bond motifs is 1. The van der Waals surface area contributed by atoms with E-state index < -0.39 is 0 Å². The number of nitrogens with zero attached hydrogens (tertiary/aromatic N) is 1. The van der Waals surface area contributed by atoms with Crippen LogP contribution in [0.3, 0.4) is 0 Å². The Morgan fingerprint density at radius 1 is 0.929 bits per heavy atom. The highest BCUT2D eigenvalue weighted by molar-refractivity contribution is 6.24. The fourth-order valence-corrected chi connectivity index (χ4v) is 4.34. The van der Waals surface area contributed by atoms with E-state index in [0.717, 1.165) is 42.5 Å². The molecular formula is C23H24N2O3. The summed E-state index contributed by atoms with van der Waals surface area (Å²) >= 11 is 0. The van der Waals surface area contributed by atoms with Gasteiger partial charge in [-0.1, -0.05) is 37.1 Å². The molecule has 0 aromatic heterocycles. The van der Waals surface area contributed by atoms with E-state index in [1.54, 1.807) is 24.3 Å². The molecular weight excluding hydrogens is 352 g/mol. The molecule has 3 amide bonds. The summed E-state index contributed by atoms with van der Waals surface area (Å²) in [5.74, 6) is -1.13. The predicted molar refractivity (Wildman–Crippen MR) is 108 cm³/mol. The molecule has 0 unspecified atom stereocenters. The van der Waals surface area contributed by atoms with E-state index in [1.165, 1.54) is 4.90 Å². The standard InChI is InChI=1S/C23H24N2O3/c1-14-8-7-12-19(15(14)2)24-21(26)18-11-5-6-13-20(18)25-22(27)16-9-3-4-10-17(16)23(25)28/h5-8,11-13,16-17H,3-4,9-10H2,1-2H3,(H,24,26)/t16-,17-/m1/s1. The van der Waals surface area contributed by atoms with Crippen LogP contribution in [0.4, 0.5) is 11.4 Å². The average Bonchev–Trinajstić information content (AvgIpc) is 2.96. The number of amides is 3. The lowest BCUT2D eigenvalue weighted by molar-refractivity contribution is -0.122. The fourth-order valence-electron chi connectivity index (χ4n) is 4.34. The summed E-state index contributed by atoms with van der Waals surface area (Å²) in [5.41, 5.74) is 3.53. The van der Waals surface area contributed by atoms with Gasteiger partial charge >= 0.3 is 0 Å². The highest BCUT2D eigenvalue weighted by atomic mass is 16.2. The van der Waals surface area contributed by atoms with Gasteiger partial charge in [-0.15, -0.1) is 0 Å². The van der Waals surface area contributed by atoms with E-state index in [4.69, 9.17) is 0 Å². The third-order valence-corrected chi connectivity index (χ3v) is 6.08. The minimum absolute atomic E-state index is 0.165. The van der Waals surface area contributed by atoms with Crippen molar-refractivity contribution in [3.8, 4) is 0 Å². The lowest BCUT2D eigenvalue weighted by Gasteiger charge is -2.19. The second-order valence-corrected chi connectivity index (χ2v) is 7.73. The number of para-hydroxylation sites is 1. The first-order valence-electron chi connectivity index (χ1n) is 9.83. The Kier molecular flexibility index (Phi) is 4.75. The van der Waals surface area contributed by atoms with Crippen molar-refractivity contribution in [3.05, 3.63) is 59.2 Å². The van der Waals surface area contributed by atoms with Crippen LogP contribution in [0.25, 0.3) is 0 Å². The minimum atomic E-state index is -0.320. The van der Waals surface area contributed by atoms with E-state index >= 15 is 0 Å². The molecule has 1 N–H and O–H groups in total. The first-order chi connectivity index (χ1) is 13.5. The van der Waals surface area contributed by atoms with E-state index in [2.05, 4.69) is 5.32 Å². The highest BCUT2D eigenvalue weighted by Crippen LogP contribution is 2.41. The summed E-state index contributed by atoms with van der Waals surface area (Å²) in [6, 6.07) is 12.6. The number of aryl methyl sites for hydroxylation is 1. The molecule has 4 rings (SSSR count). The summed E-state index contributed by atoms with van der Waals surface area (Å²) in [4.78, 5) is 40.2. The van der Waals surface area contributed by atoms with Gasteiger partial charge in [-0.05, 0) is 56.0 Å². The molecule has 28 heavy (non-hydrogen) atoms. The average molecular weight is 376 g/mol. The van der Waals surface area contributed by atoms with Crippen molar-refractivity contribution in [2.45, 2.75) is 39.5 Å². The Morgan fingerprint density at radius 2 is 1.57 bits per heavy atom. The van der Waals surface area contributed by atoms with Crippen LogP contribution in [0.5, 0.6) is 0 Å². The van der Waals surface area contributed by atoms with Crippen LogP contribution in [0.2, 0.25) is 0 Å². The number of nitrogens with one attached hydrogen (secondary N) is 1. The van der Waals surface area contributed by atoms with Crippen LogP contribution in [0.1, 0.15) is 47.2 Å². The van der Waals surface area contributed by atoms with Gasteiger partial charge in [0.2, 0.25) is 11.8 Å². The van der Waals surface area contributed by atoms with Crippen molar-refractivity contribution in [2.75, 3.05) is 10.2 Å². The maximum absolute atomic E-state index is 13.0. The van der Waals surface area contributed by atoms with Crippen LogP contribution >= 0.6 is 0 Å². The molecule has 1 aliphatic carbocycles.